The zero-order chi connectivity index (χ0) is 8.55. The minimum absolute atomic E-state index is 0.616. The molecule has 0 aliphatic carbocycles. The van der Waals surface area contributed by atoms with Crippen LogP contribution in [0, 0.1) is 0 Å². The van der Waals surface area contributed by atoms with Gasteiger partial charge in [-0.2, -0.15) is 0 Å². The Bertz CT molecular complexity index is 250. The number of hydrogen-bond donors (Lipinski definition) is 0. The molecule has 1 heterocycles. The summed E-state index contributed by atoms with van der Waals surface area (Å²) in [5.41, 5.74) is 1.38. The fourth-order valence-corrected chi connectivity index (χ4v) is 1.45. The molecule has 0 saturated carbocycles. The highest BCUT2D eigenvalue weighted by Gasteiger charge is 2.36. The summed E-state index contributed by atoms with van der Waals surface area (Å²) in [5.74, 6) is 0. The zero-order valence-electron chi connectivity index (χ0n) is 7.57. The maximum Gasteiger partial charge on any atom is 0.0867 e. The summed E-state index contributed by atoms with van der Waals surface area (Å²) < 4.78 is 0. The fourth-order valence-electron chi connectivity index (χ4n) is 1.45. The van der Waals surface area contributed by atoms with Crippen molar-refractivity contribution in [3.63, 3.8) is 0 Å². The van der Waals surface area contributed by atoms with Crippen LogP contribution in [0.15, 0.2) is 30.3 Å². The lowest BCUT2D eigenvalue weighted by Gasteiger charge is -2.00. The molecule has 2 heteroatoms. The van der Waals surface area contributed by atoms with Gasteiger partial charge in [0.1, 0.15) is 0 Å². The average Bonchev–Trinajstić information content (AvgIpc) is 2.65. The van der Waals surface area contributed by atoms with E-state index in [1.54, 1.807) is 0 Å². The lowest BCUT2D eigenvalue weighted by Crippen LogP contribution is -2.02. The topological polar surface area (TPSA) is 6.02 Å². The van der Waals surface area contributed by atoms with Crippen molar-refractivity contribution in [1.82, 2.24) is 10.0 Å². The average molecular weight is 162 g/mol. The van der Waals surface area contributed by atoms with Crippen LogP contribution < -0.4 is 0 Å². The van der Waals surface area contributed by atoms with Crippen LogP contribution in [0.4, 0.5) is 0 Å². The molecule has 1 aliphatic rings. The van der Waals surface area contributed by atoms with Crippen LogP contribution in [0.2, 0.25) is 0 Å². The second kappa shape index (κ2) is 2.88. The Balaban J connectivity index is 1.97. The van der Waals surface area contributed by atoms with Crippen molar-refractivity contribution in [2.75, 3.05) is 7.05 Å². The zero-order valence-corrected chi connectivity index (χ0v) is 7.57. The monoisotopic (exact) mass is 162 g/mol. The van der Waals surface area contributed by atoms with Gasteiger partial charge in [-0.3, -0.25) is 0 Å². The van der Waals surface area contributed by atoms with E-state index in [1.165, 1.54) is 5.56 Å². The van der Waals surface area contributed by atoms with E-state index < -0.39 is 0 Å². The molecule has 0 aromatic heterocycles. The van der Waals surface area contributed by atoms with Gasteiger partial charge in [-0.15, -0.1) is 0 Å². The molecule has 0 radical (unpaired) electrons. The van der Waals surface area contributed by atoms with Crippen molar-refractivity contribution < 1.29 is 0 Å². The lowest BCUT2D eigenvalue weighted by molar-refractivity contribution is 0.344. The molecule has 0 bridgehead atoms. The van der Waals surface area contributed by atoms with Gasteiger partial charge in [-0.05, 0) is 12.5 Å². The van der Waals surface area contributed by atoms with Gasteiger partial charge in [0, 0.05) is 13.6 Å². The van der Waals surface area contributed by atoms with Crippen molar-refractivity contribution in [3.8, 4) is 0 Å². The van der Waals surface area contributed by atoms with Gasteiger partial charge < -0.3 is 0 Å². The molecule has 2 nitrogen and oxygen atoms in total. The highest BCUT2D eigenvalue weighted by molar-refractivity contribution is 5.14. The summed E-state index contributed by atoms with van der Waals surface area (Å²) in [7, 11) is 2.12. The van der Waals surface area contributed by atoms with E-state index >= 15 is 0 Å². The first-order valence-corrected chi connectivity index (χ1v) is 4.32. The predicted octanol–water partition coefficient (Wildman–Crippen LogP) is 1.70. The Kier molecular flexibility index (Phi) is 1.87. The fraction of sp³-hybridized carbons (Fsp3) is 0.400. The van der Waals surface area contributed by atoms with Crippen LogP contribution in [-0.4, -0.2) is 23.2 Å². The van der Waals surface area contributed by atoms with Gasteiger partial charge in [0.15, 0.2) is 0 Å². The van der Waals surface area contributed by atoms with E-state index in [-0.39, 0.29) is 0 Å². The molecule has 64 valence electrons. The van der Waals surface area contributed by atoms with Gasteiger partial charge in [-0.1, -0.05) is 30.3 Å². The summed E-state index contributed by atoms with van der Waals surface area (Å²) in [6.07, 6.45) is 0.616. The highest BCUT2D eigenvalue weighted by Crippen LogP contribution is 2.24. The molecule has 0 N–H and O–H groups in total. The normalized spacial score (nSPS) is 33.3. The van der Waals surface area contributed by atoms with Crippen LogP contribution in [-0.2, 0) is 6.54 Å². The van der Waals surface area contributed by atoms with Gasteiger partial charge in [0.2, 0.25) is 0 Å². The van der Waals surface area contributed by atoms with Crippen LogP contribution in [0.1, 0.15) is 12.5 Å². The Hall–Kier alpha value is -0.860. The van der Waals surface area contributed by atoms with Gasteiger partial charge >= 0.3 is 0 Å². The molecule has 1 aromatic carbocycles. The van der Waals surface area contributed by atoms with E-state index in [4.69, 9.17) is 0 Å². The summed E-state index contributed by atoms with van der Waals surface area (Å²) in [4.78, 5) is 0. The third kappa shape index (κ3) is 1.36. The van der Waals surface area contributed by atoms with E-state index in [2.05, 4.69) is 54.3 Å². The summed E-state index contributed by atoms with van der Waals surface area (Å²) in [6.45, 7) is 3.25. The Labute approximate surface area is 73.4 Å². The molecular weight excluding hydrogens is 148 g/mol. The maximum absolute atomic E-state index is 2.33. The third-order valence-corrected chi connectivity index (χ3v) is 2.51. The van der Waals surface area contributed by atoms with Gasteiger partial charge in [0.05, 0.1) is 6.17 Å². The molecule has 0 spiro atoms. The molecule has 1 aliphatic heterocycles. The standard InChI is InChI=1S/C10H14N2/c1-9-11(2)12(9)8-10-6-4-3-5-7-10/h3-7,9H,8H2,1-2H3. The number of hydrazine groups is 1. The molecular formula is C10H14N2. The Morgan fingerprint density at radius 3 is 2.33 bits per heavy atom. The number of rotatable bonds is 2. The lowest BCUT2D eigenvalue weighted by atomic mass is 10.2. The minimum Gasteiger partial charge on any atom is -0.225 e. The van der Waals surface area contributed by atoms with Gasteiger partial charge in [0.25, 0.3) is 0 Å². The maximum atomic E-state index is 2.33. The van der Waals surface area contributed by atoms with Crippen molar-refractivity contribution >= 4 is 0 Å². The van der Waals surface area contributed by atoms with Crippen LogP contribution >= 0.6 is 0 Å². The van der Waals surface area contributed by atoms with E-state index in [0.717, 1.165) is 6.54 Å². The Morgan fingerprint density at radius 1 is 1.25 bits per heavy atom. The van der Waals surface area contributed by atoms with E-state index in [9.17, 15) is 0 Å². The predicted molar refractivity (Wildman–Crippen MR) is 49.2 cm³/mol. The SMILES string of the molecule is CC1N(C)N1Cc1ccccc1. The largest absolute Gasteiger partial charge is 0.225 e. The van der Waals surface area contributed by atoms with Crippen LogP contribution in [0.5, 0.6) is 0 Å². The van der Waals surface area contributed by atoms with Gasteiger partial charge in [-0.25, -0.2) is 10.0 Å². The quantitative estimate of drug-likeness (QED) is 0.610. The first-order chi connectivity index (χ1) is 5.79. The highest BCUT2D eigenvalue weighted by atomic mass is 15.8. The van der Waals surface area contributed by atoms with E-state index in [1.807, 2.05) is 0 Å². The molecule has 12 heavy (non-hydrogen) atoms. The van der Waals surface area contributed by atoms with Crippen molar-refractivity contribution in [2.45, 2.75) is 19.6 Å². The van der Waals surface area contributed by atoms with Crippen molar-refractivity contribution in [3.05, 3.63) is 35.9 Å². The van der Waals surface area contributed by atoms with Crippen LogP contribution in [0.3, 0.4) is 0 Å². The first-order valence-electron chi connectivity index (χ1n) is 4.32. The molecule has 1 aromatic rings. The molecule has 1 saturated heterocycles. The second-order valence-electron chi connectivity index (χ2n) is 3.29. The Morgan fingerprint density at radius 2 is 1.83 bits per heavy atom. The van der Waals surface area contributed by atoms with Crippen LogP contribution in [0.25, 0.3) is 0 Å². The second-order valence-corrected chi connectivity index (χ2v) is 3.29. The molecule has 1 fully saturated rings. The van der Waals surface area contributed by atoms with Crippen molar-refractivity contribution in [2.24, 2.45) is 0 Å². The molecule has 0 amide bonds. The van der Waals surface area contributed by atoms with E-state index in [0.29, 0.717) is 6.17 Å². The summed E-state index contributed by atoms with van der Waals surface area (Å²) in [5, 5.41) is 4.57. The number of benzene rings is 1. The summed E-state index contributed by atoms with van der Waals surface area (Å²) >= 11 is 0. The molecule has 2 rings (SSSR count). The van der Waals surface area contributed by atoms with Crippen molar-refractivity contribution in [1.29, 1.82) is 0 Å². The number of nitrogens with zero attached hydrogens (tertiary/aromatic N) is 2. The third-order valence-electron chi connectivity index (χ3n) is 2.51. The first kappa shape index (κ1) is 7.77. The minimum atomic E-state index is 0.616. The summed E-state index contributed by atoms with van der Waals surface area (Å²) in [6, 6.07) is 10.6. The number of hydrogen-bond acceptors (Lipinski definition) is 2. The molecule has 3 unspecified atom stereocenters. The smallest absolute Gasteiger partial charge is 0.0867 e. The molecule has 3 atom stereocenters.